The van der Waals surface area contributed by atoms with Gasteiger partial charge < -0.3 is 8.83 Å². The monoisotopic (exact) mass is 616 g/mol. The first kappa shape index (κ1) is 26.5. The zero-order valence-electron chi connectivity index (χ0n) is 25.5. The standard InChI is InChI=1S/C42H24N4O2/c1-2-10-25(11-3-1)39-44-40(46-41(45-39)32-17-9-19-35-37(32)31-16-6-7-18-34(31)47-35)29-15-8-14-28(22-29)30-20-21-43-42-38(30)33-23-26-12-4-5-13-27(26)24-36(33)48-42/h1-24H. The Labute approximate surface area is 274 Å². The Bertz CT molecular complexity index is 2850. The number of nitrogens with zero attached hydrogens (tertiary/aromatic N) is 4. The van der Waals surface area contributed by atoms with Crippen molar-refractivity contribution in [2.45, 2.75) is 0 Å². The summed E-state index contributed by atoms with van der Waals surface area (Å²) in [6, 6.07) is 47.1. The number of hydrogen-bond donors (Lipinski definition) is 0. The van der Waals surface area contributed by atoms with Crippen molar-refractivity contribution in [2.24, 2.45) is 0 Å². The topological polar surface area (TPSA) is 77.8 Å². The molecule has 4 aromatic heterocycles. The van der Waals surface area contributed by atoms with Gasteiger partial charge in [-0.1, -0.05) is 103 Å². The lowest BCUT2D eigenvalue weighted by molar-refractivity contribution is 0.654. The molecule has 0 bridgehead atoms. The van der Waals surface area contributed by atoms with Gasteiger partial charge in [-0.2, -0.15) is 0 Å². The van der Waals surface area contributed by atoms with E-state index in [1.165, 1.54) is 0 Å². The first-order valence-electron chi connectivity index (χ1n) is 15.8. The molecule has 0 aliphatic rings. The van der Waals surface area contributed by atoms with E-state index in [0.29, 0.717) is 23.2 Å². The Balaban J connectivity index is 1.18. The van der Waals surface area contributed by atoms with Gasteiger partial charge in [-0.3, -0.25) is 0 Å². The zero-order chi connectivity index (χ0) is 31.6. The number of aromatic nitrogens is 4. The van der Waals surface area contributed by atoms with E-state index < -0.39 is 0 Å². The van der Waals surface area contributed by atoms with Gasteiger partial charge in [-0.25, -0.2) is 19.9 Å². The number of para-hydroxylation sites is 1. The predicted octanol–water partition coefficient (Wildman–Crippen LogP) is 10.9. The van der Waals surface area contributed by atoms with E-state index in [9.17, 15) is 0 Å². The van der Waals surface area contributed by atoms with Crippen molar-refractivity contribution in [1.82, 2.24) is 19.9 Å². The molecule has 0 saturated heterocycles. The van der Waals surface area contributed by atoms with Crippen LogP contribution in [0.3, 0.4) is 0 Å². The summed E-state index contributed by atoms with van der Waals surface area (Å²) >= 11 is 0. The van der Waals surface area contributed by atoms with Gasteiger partial charge in [-0.05, 0) is 58.3 Å². The molecular formula is C42H24N4O2. The van der Waals surface area contributed by atoms with Crippen LogP contribution in [0, 0.1) is 0 Å². The molecule has 6 aromatic carbocycles. The van der Waals surface area contributed by atoms with Gasteiger partial charge >= 0.3 is 0 Å². The molecule has 0 N–H and O–H groups in total. The number of rotatable bonds is 4. The second kappa shape index (κ2) is 10.4. The maximum atomic E-state index is 6.27. The van der Waals surface area contributed by atoms with Gasteiger partial charge in [0.25, 0.3) is 0 Å². The summed E-state index contributed by atoms with van der Waals surface area (Å²) in [5, 5.41) is 6.31. The Morgan fingerprint density at radius 2 is 1.08 bits per heavy atom. The third-order valence-corrected chi connectivity index (χ3v) is 8.98. The van der Waals surface area contributed by atoms with Crippen LogP contribution in [0.15, 0.2) is 155 Å². The van der Waals surface area contributed by atoms with Crippen LogP contribution in [0.2, 0.25) is 0 Å². The third-order valence-electron chi connectivity index (χ3n) is 8.98. The minimum atomic E-state index is 0.582. The molecule has 48 heavy (non-hydrogen) atoms. The smallest absolute Gasteiger partial charge is 0.227 e. The number of pyridine rings is 1. The lowest BCUT2D eigenvalue weighted by Crippen LogP contribution is -2.00. The lowest BCUT2D eigenvalue weighted by atomic mass is 9.98. The molecule has 0 unspecified atom stereocenters. The SMILES string of the molecule is c1ccc(-c2nc(-c3cccc(-c4ccnc5oc6cc7ccccc7cc6c45)c3)nc(-c3cccc4oc5ccccc5c34)n2)cc1. The van der Waals surface area contributed by atoms with Crippen molar-refractivity contribution >= 4 is 54.8 Å². The molecular weight excluding hydrogens is 592 g/mol. The number of benzene rings is 6. The quantitative estimate of drug-likeness (QED) is 0.196. The summed E-state index contributed by atoms with van der Waals surface area (Å²) < 4.78 is 12.5. The third kappa shape index (κ3) is 4.20. The highest BCUT2D eigenvalue weighted by atomic mass is 16.3. The van der Waals surface area contributed by atoms with Crippen LogP contribution < -0.4 is 0 Å². The fraction of sp³-hybridized carbons (Fsp3) is 0. The highest BCUT2D eigenvalue weighted by molar-refractivity contribution is 6.15. The number of hydrogen-bond acceptors (Lipinski definition) is 6. The maximum Gasteiger partial charge on any atom is 0.227 e. The average molecular weight is 617 g/mol. The minimum absolute atomic E-state index is 0.582. The molecule has 0 spiro atoms. The van der Waals surface area contributed by atoms with Crippen molar-refractivity contribution < 1.29 is 8.83 Å². The Kier molecular flexibility index (Phi) is 5.77. The first-order chi connectivity index (χ1) is 23.8. The Morgan fingerprint density at radius 3 is 1.98 bits per heavy atom. The summed E-state index contributed by atoms with van der Waals surface area (Å²) in [5.74, 6) is 1.77. The van der Waals surface area contributed by atoms with E-state index in [1.807, 2.05) is 84.9 Å². The molecule has 0 atom stereocenters. The maximum absolute atomic E-state index is 6.27. The lowest BCUT2D eigenvalue weighted by Gasteiger charge is -2.10. The number of furan rings is 2. The van der Waals surface area contributed by atoms with Crippen molar-refractivity contribution in [3.63, 3.8) is 0 Å². The van der Waals surface area contributed by atoms with Gasteiger partial charge in [-0.15, -0.1) is 0 Å². The molecule has 10 aromatic rings. The molecule has 4 heterocycles. The summed E-state index contributed by atoms with van der Waals surface area (Å²) in [4.78, 5) is 19.8. The number of fused-ring (bicyclic) bond motifs is 7. The van der Waals surface area contributed by atoms with Gasteiger partial charge in [0, 0.05) is 39.0 Å². The highest BCUT2D eigenvalue weighted by Crippen LogP contribution is 2.39. The summed E-state index contributed by atoms with van der Waals surface area (Å²) in [7, 11) is 0. The van der Waals surface area contributed by atoms with Gasteiger partial charge in [0.15, 0.2) is 17.5 Å². The van der Waals surface area contributed by atoms with Crippen LogP contribution in [-0.4, -0.2) is 19.9 Å². The van der Waals surface area contributed by atoms with Crippen LogP contribution in [0.25, 0.3) is 100 Å². The van der Waals surface area contributed by atoms with E-state index in [0.717, 1.165) is 76.9 Å². The average Bonchev–Trinajstić information content (AvgIpc) is 3.72. The van der Waals surface area contributed by atoms with Crippen LogP contribution in [0.1, 0.15) is 0 Å². The van der Waals surface area contributed by atoms with E-state index in [-0.39, 0.29) is 0 Å². The molecule has 224 valence electrons. The predicted molar refractivity (Wildman–Crippen MR) is 191 cm³/mol. The van der Waals surface area contributed by atoms with E-state index in [1.54, 1.807) is 6.20 Å². The molecule has 0 amide bonds. The van der Waals surface area contributed by atoms with Crippen molar-refractivity contribution in [1.29, 1.82) is 0 Å². The van der Waals surface area contributed by atoms with Crippen molar-refractivity contribution in [2.75, 3.05) is 0 Å². The minimum Gasteiger partial charge on any atom is -0.456 e. The Hall–Kier alpha value is -6.66. The van der Waals surface area contributed by atoms with Gasteiger partial charge in [0.2, 0.25) is 5.71 Å². The molecule has 0 aliphatic carbocycles. The van der Waals surface area contributed by atoms with Gasteiger partial charge in [0.1, 0.15) is 16.7 Å². The van der Waals surface area contributed by atoms with Crippen LogP contribution in [-0.2, 0) is 0 Å². The van der Waals surface area contributed by atoms with Crippen LogP contribution in [0.4, 0.5) is 0 Å². The molecule has 0 radical (unpaired) electrons. The van der Waals surface area contributed by atoms with Crippen molar-refractivity contribution in [3.05, 3.63) is 146 Å². The second-order valence-corrected chi connectivity index (χ2v) is 11.9. The highest BCUT2D eigenvalue weighted by Gasteiger charge is 2.19. The summed E-state index contributed by atoms with van der Waals surface area (Å²) in [5.41, 5.74) is 7.77. The zero-order valence-corrected chi connectivity index (χ0v) is 25.5. The fourth-order valence-electron chi connectivity index (χ4n) is 6.75. The molecule has 0 fully saturated rings. The molecule has 6 nitrogen and oxygen atoms in total. The molecule has 6 heteroatoms. The van der Waals surface area contributed by atoms with Crippen molar-refractivity contribution in [3.8, 4) is 45.3 Å². The van der Waals surface area contributed by atoms with E-state index >= 15 is 0 Å². The Morgan fingerprint density at radius 1 is 0.396 bits per heavy atom. The van der Waals surface area contributed by atoms with Crippen LogP contribution in [0.5, 0.6) is 0 Å². The first-order valence-corrected chi connectivity index (χ1v) is 15.8. The molecule has 10 rings (SSSR count). The largest absolute Gasteiger partial charge is 0.456 e. The van der Waals surface area contributed by atoms with Crippen LogP contribution >= 0.6 is 0 Å². The van der Waals surface area contributed by atoms with E-state index in [4.69, 9.17) is 23.8 Å². The summed E-state index contributed by atoms with van der Waals surface area (Å²) in [6.07, 6.45) is 1.80. The normalized spacial score (nSPS) is 11.8. The summed E-state index contributed by atoms with van der Waals surface area (Å²) in [6.45, 7) is 0. The van der Waals surface area contributed by atoms with E-state index in [2.05, 4.69) is 59.6 Å². The molecule has 0 saturated carbocycles. The fourth-order valence-corrected chi connectivity index (χ4v) is 6.75. The second-order valence-electron chi connectivity index (χ2n) is 11.9. The molecule has 0 aliphatic heterocycles. The van der Waals surface area contributed by atoms with Gasteiger partial charge in [0.05, 0.1) is 5.39 Å².